The van der Waals surface area contributed by atoms with Crippen LogP contribution >= 0.6 is 0 Å². The van der Waals surface area contributed by atoms with Gasteiger partial charge < -0.3 is 10.2 Å². The third-order valence-corrected chi connectivity index (χ3v) is 2.80. The van der Waals surface area contributed by atoms with Gasteiger partial charge in [0.15, 0.2) is 0 Å². The number of aromatic nitrogens is 1. The Balaban J connectivity index is 2.80. The summed E-state index contributed by atoms with van der Waals surface area (Å²) in [5, 5.41) is 3.19. The lowest BCUT2D eigenvalue weighted by atomic mass is 10.1. The zero-order chi connectivity index (χ0) is 12.7. The van der Waals surface area contributed by atoms with Crippen molar-refractivity contribution < 1.29 is 0 Å². The van der Waals surface area contributed by atoms with Crippen LogP contribution in [0.15, 0.2) is 18.3 Å². The molecule has 0 aliphatic carbocycles. The van der Waals surface area contributed by atoms with Crippen molar-refractivity contribution in [3.63, 3.8) is 0 Å². The lowest BCUT2D eigenvalue weighted by molar-refractivity contribution is 0.649. The van der Waals surface area contributed by atoms with Crippen molar-refractivity contribution in [2.75, 3.05) is 25.0 Å². The number of nitrogens with one attached hydrogen (secondary N) is 1. The lowest BCUT2D eigenvalue weighted by Gasteiger charge is -2.21. The van der Waals surface area contributed by atoms with Crippen molar-refractivity contribution in [1.82, 2.24) is 10.3 Å². The highest BCUT2D eigenvalue weighted by molar-refractivity contribution is 5.41. The van der Waals surface area contributed by atoms with E-state index in [1.807, 2.05) is 19.3 Å². The maximum atomic E-state index is 5.37. The summed E-state index contributed by atoms with van der Waals surface area (Å²) in [6.45, 7) is 5.81. The van der Waals surface area contributed by atoms with E-state index in [1.165, 1.54) is 5.56 Å². The van der Waals surface area contributed by atoms with Crippen LogP contribution in [0.1, 0.15) is 31.9 Å². The van der Waals surface area contributed by atoms with Gasteiger partial charge in [0.2, 0.25) is 0 Å². The van der Waals surface area contributed by atoms with Gasteiger partial charge in [-0.15, -0.1) is 6.42 Å². The summed E-state index contributed by atoms with van der Waals surface area (Å²) < 4.78 is 0. The fourth-order valence-corrected chi connectivity index (χ4v) is 1.66. The Morgan fingerprint density at radius 3 is 2.76 bits per heavy atom. The number of terminal acetylenes is 1. The summed E-state index contributed by atoms with van der Waals surface area (Å²) in [5.74, 6) is 3.63. The first-order valence-electron chi connectivity index (χ1n) is 6.04. The van der Waals surface area contributed by atoms with Crippen molar-refractivity contribution in [2.45, 2.75) is 26.3 Å². The molecule has 0 spiro atoms. The van der Waals surface area contributed by atoms with Gasteiger partial charge in [0, 0.05) is 18.8 Å². The summed E-state index contributed by atoms with van der Waals surface area (Å²) in [5.41, 5.74) is 1.19. The summed E-state index contributed by atoms with van der Waals surface area (Å²) in [4.78, 5) is 6.59. The molecule has 1 N–H and O–H groups in total. The van der Waals surface area contributed by atoms with Gasteiger partial charge in [0.05, 0.1) is 6.54 Å². The quantitative estimate of drug-likeness (QED) is 0.761. The van der Waals surface area contributed by atoms with Crippen LogP contribution < -0.4 is 10.2 Å². The molecule has 0 aromatic carbocycles. The fourth-order valence-electron chi connectivity index (χ4n) is 1.66. The first-order chi connectivity index (χ1) is 8.22. The summed E-state index contributed by atoms with van der Waals surface area (Å²) in [6.07, 6.45) is 8.35. The van der Waals surface area contributed by atoms with E-state index in [-0.39, 0.29) is 0 Å². The molecule has 92 valence electrons. The summed E-state index contributed by atoms with van der Waals surface area (Å²) in [7, 11) is 1.94. The molecule has 1 heterocycles. The van der Waals surface area contributed by atoms with E-state index in [0.717, 1.165) is 18.8 Å². The Kier molecular flexibility index (Phi) is 5.51. The Hall–Kier alpha value is -1.53. The highest BCUT2D eigenvalue weighted by Gasteiger charge is 2.07. The van der Waals surface area contributed by atoms with Crippen LogP contribution in [0, 0.1) is 12.3 Å². The third-order valence-electron chi connectivity index (χ3n) is 2.80. The molecule has 1 aromatic rings. The number of hydrogen-bond acceptors (Lipinski definition) is 3. The Bertz CT molecular complexity index is 364. The SMILES string of the molecule is C#CCN(CCC)c1ccc(C(C)NC)cn1. The zero-order valence-electron chi connectivity index (χ0n) is 10.9. The minimum atomic E-state index is 0.323. The monoisotopic (exact) mass is 231 g/mol. The highest BCUT2D eigenvalue weighted by atomic mass is 15.2. The van der Waals surface area contributed by atoms with Gasteiger partial charge >= 0.3 is 0 Å². The van der Waals surface area contributed by atoms with Crippen molar-refractivity contribution in [2.24, 2.45) is 0 Å². The second-order valence-corrected chi connectivity index (χ2v) is 4.09. The molecule has 3 nitrogen and oxygen atoms in total. The van der Waals surface area contributed by atoms with Crippen LogP contribution in [0.2, 0.25) is 0 Å². The molecule has 0 aliphatic rings. The molecular formula is C14H21N3. The normalized spacial score (nSPS) is 11.9. The molecule has 0 fully saturated rings. The average molecular weight is 231 g/mol. The second-order valence-electron chi connectivity index (χ2n) is 4.09. The van der Waals surface area contributed by atoms with Crippen molar-refractivity contribution in [3.05, 3.63) is 23.9 Å². The zero-order valence-corrected chi connectivity index (χ0v) is 10.9. The minimum Gasteiger partial charge on any atom is -0.345 e. The molecular weight excluding hydrogens is 210 g/mol. The molecule has 1 unspecified atom stereocenters. The van der Waals surface area contributed by atoms with Crippen molar-refractivity contribution in [1.29, 1.82) is 0 Å². The highest BCUT2D eigenvalue weighted by Crippen LogP contribution is 2.15. The van der Waals surface area contributed by atoms with E-state index in [9.17, 15) is 0 Å². The maximum Gasteiger partial charge on any atom is 0.129 e. The van der Waals surface area contributed by atoms with Crippen LogP contribution in [-0.4, -0.2) is 25.1 Å². The molecule has 1 rings (SSSR count). The van der Waals surface area contributed by atoms with E-state index in [4.69, 9.17) is 6.42 Å². The number of hydrogen-bond donors (Lipinski definition) is 1. The molecule has 17 heavy (non-hydrogen) atoms. The van der Waals surface area contributed by atoms with Gasteiger partial charge in [-0.3, -0.25) is 0 Å². The lowest BCUT2D eigenvalue weighted by Crippen LogP contribution is -2.25. The molecule has 3 heteroatoms. The Morgan fingerprint density at radius 2 is 2.29 bits per heavy atom. The first kappa shape index (κ1) is 13.5. The number of anilines is 1. The molecule has 1 aromatic heterocycles. The fraction of sp³-hybridized carbons (Fsp3) is 0.500. The van der Waals surface area contributed by atoms with E-state index >= 15 is 0 Å². The largest absolute Gasteiger partial charge is 0.345 e. The van der Waals surface area contributed by atoms with E-state index in [0.29, 0.717) is 12.6 Å². The molecule has 0 saturated heterocycles. The first-order valence-corrected chi connectivity index (χ1v) is 6.04. The van der Waals surface area contributed by atoms with Gasteiger partial charge in [0.25, 0.3) is 0 Å². The van der Waals surface area contributed by atoms with Gasteiger partial charge in [0.1, 0.15) is 5.82 Å². The number of nitrogens with zero attached hydrogens (tertiary/aromatic N) is 2. The molecule has 0 amide bonds. The van der Waals surface area contributed by atoms with E-state index in [2.05, 4.69) is 41.0 Å². The molecule has 0 bridgehead atoms. The summed E-state index contributed by atoms with van der Waals surface area (Å²) in [6, 6.07) is 4.46. The Labute approximate surface area is 104 Å². The molecule has 0 saturated carbocycles. The number of pyridine rings is 1. The van der Waals surface area contributed by atoms with Gasteiger partial charge in [-0.25, -0.2) is 4.98 Å². The number of rotatable bonds is 6. The van der Waals surface area contributed by atoms with Crippen molar-refractivity contribution in [3.8, 4) is 12.3 Å². The summed E-state index contributed by atoms with van der Waals surface area (Å²) >= 11 is 0. The van der Waals surface area contributed by atoms with Crippen LogP contribution in [0.25, 0.3) is 0 Å². The molecule has 0 aliphatic heterocycles. The second kappa shape index (κ2) is 6.93. The van der Waals surface area contributed by atoms with Gasteiger partial charge in [-0.05, 0) is 32.0 Å². The smallest absolute Gasteiger partial charge is 0.129 e. The van der Waals surface area contributed by atoms with E-state index in [1.54, 1.807) is 0 Å². The van der Waals surface area contributed by atoms with Crippen LogP contribution in [0.3, 0.4) is 0 Å². The third kappa shape index (κ3) is 3.76. The van der Waals surface area contributed by atoms with Crippen molar-refractivity contribution >= 4 is 5.82 Å². The maximum absolute atomic E-state index is 5.37. The van der Waals surface area contributed by atoms with Crippen LogP contribution in [0.5, 0.6) is 0 Å². The van der Waals surface area contributed by atoms with Gasteiger partial charge in [-0.1, -0.05) is 18.9 Å². The van der Waals surface area contributed by atoms with Crippen LogP contribution in [-0.2, 0) is 0 Å². The standard InChI is InChI=1S/C14H21N3/c1-5-9-17(10-6-2)14-8-7-13(11-16-14)12(3)15-4/h1,7-8,11-12,15H,6,9-10H2,2-4H3. The van der Waals surface area contributed by atoms with E-state index < -0.39 is 0 Å². The predicted molar refractivity (Wildman–Crippen MR) is 73.0 cm³/mol. The van der Waals surface area contributed by atoms with Gasteiger partial charge in [-0.2, -0.15) is 0 Å². The molecule has 0 radical (unpaired) electrons. The Morgan fingerprint density at radius 1 is 1.53 bits per heavy atom. The minimum absolute atomic E-state index is 0.323. The molecule has 1 atom stereocenters. The topological polar surface area (TPSA) is 28.2 Å². The predicted octanol–water partition coefficient (Wildman–Crippen LogP) is 2.21. The average Bonchev–Trinajstić information content (AvgIpc) is 2.38. The van der Waals surface area contributed by atoms with Crippen LogP contribution in [0.4, 0.5) is 5.82 Å².